The van der Waals surface area contributed by atoms with Gasteiger partial charge in [-0.15, -0.1) is 11.8 Å². The minimum absolute atomic E-state index is 0.0914. The molecule has 2 saturated heterocycles. The molecule has 0 unspecified atom stereocenters. The number of nitrogens with zero attached hydrogens (tertiary/aromatic N) is 2. The van der Waals surface area contributed by atoms with Gasteiger partial charge in [0.2, 0.25) is 0 Å². The van der Waals surface area contributed by atoms with Gasteiger partial charge in [0.1, 0.15) is 0 Å². The van der Waals surface area contributed by atoms with Crippen LogP contribution in [0.5, 0.6) is 0 Å². The van der Waals surface area contributed by atoms with Crippen LogP contribution in [0, 0.1) is 6.92 Å². The third kappa shape index (κ3) is 4.16. The van der Waals surface area contributed by atoms with Crippen LogP contribution < -0.4 is 5.32 Å². The summed E-state index contributed by atoms with van der Waals surface area (Å²) < 4.78 is 0.864. The Bertz CT molecular complexity index is 928. The standard InChI is InChI=1S/C22H24BrN3O2S/c1-16-5-4-6-17(15-16)20(27)26-13-14-29-22(26)9-11-25(12-10-22)21(28)24-19-8-3-2-7-18(19)23/h2-8,15H,9-14H2,1H3,(H,24,28). The van der Waals surface area contributed by atoms with Crippen LogP contribution in [0.3, 0.4) is 0 Å². The minimum atomic E-state index is -0.203. The number of urea groups is 1. The first-order chi connectivity index (χ1) is 14.0. The van der Waals surface area contributed by atoms with Crippen molar-refractivity contribution < 1.29 is 9.59 Å². The Morgan fingerprint density at radius 3 is 2.55 bits per heavy atom. The van der Waals surface area contributed by atoms with Crippen molar-refractivity contribution in [1.82, 2.24) is 9.80 Å². The predicted octanol–water partition coefficient (Wildman–Crippen LogP) is 4.97. The molecule has 0 radical (unpaired) electrons. The molecule has 2 aliphatic heterocycles. The second-order valence-electron chi connectivity index (χ2n) is 7.52. The van der Waals surface area contributed by atoms with Crippen molar-refractivity contribution in [3.05, 3.63) is 64.1 Å². The molecule has 2 heterocycles. The average Bonchev–Trinajstić information content (AvgIpc) is 3.12. The molecular formula is C22H24BrN3O2S. The van der Waals surface area contributed by atoms with E-state index in [4.69, 9.17) is 0 Å². The molecule has 7 heteroatoms. The fourth-order valence-corrected chi connectivity index (χ4v) is 5.90. The normalized spacial score (nSPS) is 18.1. The number of rotatable bonds is 2. The molecule has 0 aliphatic carbocycles. The number of carbonyl (C=O) groups excluding carboxylic acids is 2. The highest BCUT2D eigenvalue weighted by atomic mass is 79.9. The number of carbonyl (C=O) groups is 2. The van der Waals surface area contributed by atoms with Gasteiger partial charge in [0.25, 0.3) is 5.91 Å². The van der Waals surface area contributed by atoms with Crippen molar-refractivity contribution in [1.29, 1.82) is 0 Å². The summed E-state index contributed by atoms with van der Waals surface area (Å²) in [6, 6.07) is 15.3. The zero-order valence-corrected chi connectivity index (χ0v) is 18.8. The summed E-state index contributed by atoms with van der Waals surface area (Å²) in [4.78, 5) is 29.6. The first-order valence-electron chi connectivity index (χ1n) is 9.82. The second-order valence-corrected chi connectivity index (χ2v) is 9.83. The number of hydrogen-bond donors (Lipinski definition) is 1. The van der Waals surface area contributed by atoms with E-state index in [-0.39, 0.29) is 16.8 Å². The molecule has 0 aromatic heterocycles. The number of halogens is 1. The number of hydrogen-bond acceptors (Lipinski definition) is 3. The van der Waals surface area contributed by atoms with Gasteiger partial charge in [0.15, 0.2) is 0 Å². The van der Waals surface area contributed by atoms with E-state index in [1.54, 1.807) is 0 Å². The zero-order valence-electron chi connectivity index (χ0n) is 16.4. The number of piperidine rings is 1. The quantitative estimate of drug-likeness (QED) is 0.669. The highest BCUT2D eigenvalue weighted by Gasteiger charge is 2.47. The molecule has 3 amide bonds. The van der Waals surface area contributed by atoms with Gasteiger partial charge in [-0.1, -0.05) is 29.8 Å². The number of amides is 3. The highest BCUT2D eigenvalue weighted by molar-refractivity contribution is 9.10. The second kappa shape index (κ2) is 8.40. The highest BCUT2D eigenvalue weighted by Crippen LogP contribution is 2.44. The van der Waals surface area contributed by atoms with Crippen LogP contribution in [0.15, 0.2) is 53.0 Å². The van der Waals surface area contributed by atoms with E-state index in [0.717, 1.165) is 46.4 Å². The lowest BCUT2D eigenvalue weighted by atomic mass is 10.0. The van der Waals surface area contributed by atoms with E-state index in [0.29, 0.717) is 13.1 Å². The van der Waals surface area contributed by atoms with Crippen LogP contribution in [-0.4, -0.2) is 52.0 Å². The summed E-state index contributed by atoms with van der Waals surface area (Å²) in [7, 11) is 0. The average molecular weight is 474 g/mol. The van der Waals surface area contributed by atoms with Gasteiger partial charge in [-0.2, -0.15) is 0 Å². The van der Waals surface area contributed by atoms with Crippen molar-refractivity contribution in [3.63, 3.8) is 0 Å². The first-order valence-corrected chi connectivity index (χ1v) is 11.6. The lowest BCUT2D eigenvalue weighted by Crippen LogP contribution is -2.54. The van der Waals surface area contributed by atoms with Gasteiger partial charge in [0.05, 0.1) is 10.6 Å². The number of likely N-dealkylation sites (tertiary alicyclic amines) is 1. The summed E-state index contributed by atoms with van der Waals surface area (Å²) >= 11 is 5.33. The molecule has 2 aliphatic rings. The summed E-state index contributed by atoms with van der Waals surface area (Å²) in [5.74, 6) is 1.05. The molecule has 0 saturated carbocycles. The summed E-state index contributed by atoms with van der Waals surface area (Å²) in [6.07, 6.45) is 1.58. The van der Waals surface area contributed by atoms with Crippen LogP contribution >= 0.6 is 27.7 Å². The summed E-state index contributed by atoms with van der Waals surface area (Å²) in [5, 5.41) is 2.98. The molecule has 5 nitrogen and oxygen atoms in total. The Labute approximate surface area is 184 Å². The largest absolute Gasteiger partial charge is 0.324 e. The van der Waals surface area contributed by atoms with Crippen molar-refractivity contribution in [2.75, 3.05) is 30.7 Å². The molecule has 1 spiro atoms. The number of nitrogens with one attached hydrogen (secondary N) is 1. The van der Waals surface area contributed by atoms with Gasteiger partial charge in [-0.05, 0) is 60.0 Å². The third-order valence-corrected chi connectivity index (χ3v) is 7.88. The molecule has 2 fully saturated rings. The maximum absolute atomic E-state index is 13.2. The number of anilines is 1. The van der Waals surface area contributed by atoms with Crippen molar-refractivity contribution in [2.45, 2.75) is 24.6 Å². The number of thioether (sulfide) groups is 1. The SMILES string of the molecule is Cc1cccc(C(=O)N2CCSC23CCN(C(=O)Nc2ccccc2Br)CC3)c1. The Morgan fingerprint density at radius 1 is 1.07 bits per heavy atom. The van der Waals surface area contributed by atoms with Crippen molar-refractivity contribution in [2.24, 2.45) is 0 Å². The van der Waals surface area contributed by atoms with E-state index in [2.05, 4.69) is 21.2 Å². The van der Waals surface area contributed by atoms with Crippen molar-refractivity contribution in [3.8, 4) is 0 Å². The summed E-state index contributed by atoms with van der Waals surface area (Å²) in [6.45, 7) is 4.05. The van der Waals surface area contributed by atoms with E-state index in [1.807, 2.05) is 77.0 Å². The topological polar surface area (TPSA) is 52.7 Å². The van der Waals surface area contributed by atoms with Crippen LogP contribution in [0.1, 0.15) is 28.8 Å². The maximum atomic E-state index is 13.2. The Morgan fingerprint density at radius 2 is 1.83 bits per heavy atom. The minimum Gasteiger partial charge on any atom is -0.324 e. The maximum Gasteiger partial charge on any atom is 0.321 e. The van der Waals surface area contributed by atoms with E-state index in [9.17, 15) is 9.59 Å². The Balaban J connectivity index is 1.43. The number of aryl methyl sites for hydroxylation is 1. The van der Waals surface area contributed by atoms with Crippen LogP contribution in [-0.2, 0) is 0 Å². The Kier molecular flexibility index (Phi) is 5.88. The van der Waals surface area contributed by atoms with E-state index >= 15 is 0 Å². The van der Waals surface area contributed by atoms with Crippen LogP contribution in [0.4, 0.5) is 10.5 Å². The molecule has 2 aromatic carbocycles. The molecule has 152 valence electrons. The molecule has 2 aromatic rings. The first kappa shape index (κ1) is 20.3. The zero-order chi connectivity index (χ0) is 20.4. The van der Waals surface area contributed by atoms with Crippen LogP contribution in [0.2, 0.25) is 0 Å². The summed E-state index contributed by atoms with van der Waals surface area (Å²) in [5.41, 5.74) is 2.61. The fourth-order valence-electron chi connectivity index (χ4n) is 4.06. The third-order valence-electron chi connectivity index (χ3n) is 5.64. The molecular weight excluding hydrogens is 450 g/mol. The number of benzene rings is 2. The van der Waals surface area contributed by atoms with Gasteiger partial charge in [0, 0.05) is 35.4 Å². The molecule has 1 N–H and O–H groups in total. The lowest BCUT2D eigenvalue weighted by Gasteiger charge is -2.44. The smallest absolute Gasteiger partial charge is 0.321 e. The van der Waals surface area contributed by atoms with Gasteiger partial charge >= 0.3 is 6.03 Å². The molecule has 29 heavy (non-hydrogen) atoms. The van der Waals surface area contributed by atoms with Crippen LogP contribution in [0.25, 0.3) is 0 Å². The van der Waals surface area contributed by atoms with Gasteiger partial charge < -0.3 is 15.1 Å². The molecule has 4 rings (SSSR count). The number of para-hydroxylation sites is 1. The van der Waals surface area contributed by atoms with E-state index < -0.39 is 0 Å². The lowest BCUT2D eigenvalue weighted by molar-refractivity contribution is 0.0585. The van der Waals surface area contributed by atoms with Crippen molar-refractivity contribution >= 4 is 45.3 Å². The monoisotopic (exact) mass is 473 g/mol. The van der Waals surface area contributed by atoms with E-state index in [1.165, 1.54) is 0 Å². The predicted molar refractivity (Wildman–Crippen MR) is 121 cm³/mol. The fraction of sp³-hybridized carbons (Fsp3) is 0.364. The molecule has 0 bridgehead atoms. The van der Waals surface area contributed by atoms with Gasteiger partial charge in [-0.3, -0.25) is 4.79 Å². The molecule has 0 atom stereocenters. The Hall–Kier alpha value is -1.99. The van der Waals surface area contributed by atoms with Gasteiger partial charge in [-0.25, -0.2) is 4.79 Å².